The van der Waals surface area contributed by atoms with Gasteiger partial charge in [-0.2, -0.15) is 0 Å². The third-order valence-corrected chi connectivity index (χ3v) is 7.30. The second-order valence-electron chi connectivity index (χ2n) is 8.65. The number of aromatic hydroxyl groups is 1. The Kier molecular flexibility index (Phi) is 8.15. The van der Waals surface area contributed by atoms with Gasteiger partial charge in [-0.1, -0.05) is 50.3 Å². The van der Waals surface area contributed by atoms with Crippen LogP contribution in [0.25, 0.3) is 0 Å². The number of phenols is 1. The number of carbonyl (C=O) groups is 1. The third kappa shape index (κ3) is 6.71. The average molecular weight is 460 g/mol. The third-order valence-electron chi connectivity index (χ3n) is 5.88. The van der Waals surface area contributed by atoms with Gasteiger partial charge in [0.15, 0.2) is 0 Å². The number of sulfonamides is 1. The molecule has 0 heterocycles. The molecule has 1 aliphatic carbocycles. The van der Waals surface area contributed by atoms with E-state index in [-0.39, 0.29) is 10.8 Å². The largest absolute Gasteiger partial charge is 0.506 e. The molecule has 0 radical (unpaired) electrons. The van der Waals surface area contributed by atoms with E-state index in [4.69, 9.17) is 0 Å². The van der Waals surface area contributed by atoms with Crippen LogP contribution in [-0.2, 0) is 21.4 Å². The van der Waals surface area contributed by atoms with E-state index >= 15 is 0 Å². The van der Waals surface area contributed by atoms with Crippen LogP contribution in [0, 0.1) is 5.92 Å². The van der Waals surface area contributed by atoms with Gasteiger partial charge in [-0.3, -0.25) is 9.52 Å². The molecule has 174 valence electrons. The number of hydrogen-bond acceptors (Lipinski definition) is 5. The first kappa shape index (κ1) is 24.1. The van der Waals surface area contributed by atoms with Crippen LogP contribution < -0.4 is 15.4 Å². The van der Waals surface area contributed by atoms with Crippen LogP contribution in [0.1, 0.15) is 57.9 Å². The Morgan fingerprint density at radius 1 is 1.12 bits per heavy atom. The van der Waals surface area contributed by atoms with Gasteiger partial charge in [-0.05, 0) is 43.0 Å². The Hall–Kier alpha value is -2.58. The Bertz CT molecular complexity index is 1030. The summed E-state index contributed by atoms with van der Waals surface area (Å²) in [4.78, 5) is 10.9. The second-order valence-corrected chi connectivity index (χ2v) is 10.3. The van der Waals surface area contributed by atoms with Crippen molar-refractivity contribution in [1.29, 1.82) is 0 Å². The number of amides is 1. The van der Waals surface area contributed by atoms with E-state index in [2.05, 4.69) is 22.3 Å². The van der Waals surface area contributed by atoms with Gasteiger partial charge in [0.25, 0.3) is 10.0 Å². The maximum atomic E-state index is 12.9. The van der Waals surface area contributed by atoms with E-state index in [1.54, 1.807) is 12.1 Å². The zero-order valence-corrected chi connectivity index (χ0v) is 19.5. The second kappa shape index (κ2) is 10.8. The van der Waals surface area contributed by atoms with Gasteiger partial charge in [-0.25, -0.2) is 8.42 Å². The van der Waals surface area contributed by atoms with Crippen molar-refractivity contribution < 1.29 is 18.3 Å². The molecule has 1 aliphatic rings. The van der Waals surface area contributed by atoms with E-state index in [0.29, 0.717) is 24.0 Å². The molecule has 32 heavy (non-hydrogen) atoms. The van der Waals surface area contributed by atoms with Crippen molar-refractivity contribution >= 4 is 27.3 Å². The summed E-state index contributed by atoms with van der Waals surface area (Å²) < 4.78 is 28.5. The van der Waals surface area contributed by atoms with Crippen LogP contribution >= 0.6 is 0 Å². The van der Waals surface area contributed by atoms with Crippen LogP contribution in [0.3, 0.4) is 0 Å². The van der Waals surface area contributed by atoms with Crippen LogP contribution in [0.15, 0.2) is 47.4 Å². The minimum atomic E-state index is -4.01. The summed E-state index contributed by atoms with van der Waals surface area (Å²) in [6.45, 7) is 4.06. The van der Waals surface area contributed by atoms with Crippen molar-refractivity contribution in [2.75, 3.05) is 10.0 Å². The topological polar surface area (TPSA) is 108 Å². The number of phenolic OH excluding ortho intramolecular Hbond substituents is 1. The van der Waals surface area contributed by atoms with Crippen molar-refractivity contribution in [2.45, 2.75) is 69.9 Å². The summed E-state index contributed by atoms with van der Waals surface area (Å²) in [5.41, 5.74) is 1.63. The van der Waals surface area contributed by atoms with Crippen molar-refractivity contribution in [1.82, 2.24) is 5.32 Å². The normalized spacial score (nSPS) is 15.8. The number of para-hydroxylation sites is 1. The highest BCUT2D eigenvalue weighted by atomic mass is 32.2. The highest BCUT2D eigenvalue weighted by molar-refractivity contribution is 7.92. The minimum Gasteiger partial charge on any atom is -0.506 e. The van der Waals surface area contributed by atoms with E-state index in [1.807, 2.05) is 12.1 Å². The summed E-state index contributed by atoms with van der Waals surface area (Å²) in [6.07, 6.45) is 7.71. The fraction of sp³-hybridized carbons (Fsp3) is 0.458. The molecule has 4 N–H and O–H groups in total. The average Bonchev–Trinajstić information content (AvgIpc) is 2.73. The van der Waals surface area contributed by atoms with Gasteiger partial charge in [0.2, 0.25) is 5.91 Å². The molecule has 1 atom stereocenters. The van der Waals surface area contributed by atoms with Gasteiger partial charge in [-0.15, -0.1) is 0 Å². The summed E-state index contributed by atoms with van der Waals surface area (Å²) >= 11 is 0. The predicted octanol–water partition coefficient (Wildman–Crippen LogP) is 4.60. The molecular weight excluding hydrogens is 426 g/mol. The molecule has 1 amide bonds. The summed E-state index contributed by atoms with van der Waals surface area (Å²) in [7, 11) is -4.01. The van der Waals surface area contributed by atoms with E-state index in [9.17, 15) is 18.3 Å². The summed E-state index contributed by atoms with van der Waals surface area (Å²) in [5.74, 6) is 0.0289. The van der Waals surface area contributed by atoms with Gasteiger partial charge >= 0.3 is 0 Å². The van der Waals surface area contributed by atoms with Gasteiger partial charge in [0.1, 0.15) is 10.6 Å². The van der Waals surface area contributed by atoms with E-state index < -0.39 is 15.8 Å². The maximum Gasteiger partial charge on any atom is 0.265 e. The van der Waals surface area contributed by atoms with Crippen molar-refractivity contribution in [2.24, 2.45) is 5.92 Å². The van der Waals surface area contributed by atoms with Gasteiger partial charge < -0.3 is 15.7 Å². The summed E-state index contributed by atoms with van der Waals surface area (Å²) in [6, 6.07) is 11.5. The van der Waals surface area contributed by atoms with Gasteiger partial charge in [0.05, 0.1) is 5.69 Å². The van der Waals surface area contributed by atoms with Crippen molar-refractivity contribution in [3.63, 3.8) is 0 Å². The molecule has 0 spiro atoms. The van der Waals surface area contributed by atoms with Crippen LogP contribution in [0.5, 0.6) is 5.75 Å². The predicted molar refractivity (Wildman–Crippen MR) is 127 cm³/mol. The SMILES string of the molecule is CC(=O)Nc1ccc(S(=O)(=O)Nc2ccccc2CNC(C)CC2CCCCC2)c(O)c1. The standard InChI is InChI=1S/C24H33N3O4S/c1-17(14-19-8-4-3-5-9-19)25-16-20-10-6-7-11-22(20)27-32(30,31)24-13-12-21(15-23(24)29)26-18(2)28/h6-7,10-13,15,17,19,25,27,29H,3-5,8-9,14,16H2,1-2H3,(H,26,28). The first-order valence-corrected chi connectivity index (χ1v) is 12.7. The van der Waals surface area contributed by atoms with Crippen LogP contribution in [0.2, 0.25) is 0 Å². The molecule has 1 fully saturated rings. The minimum absolute atomic E-state index is 0.250. The quantitative estimate of drug-likeness (QED) is 0.438. The Balaban J connectivity index is 1.67. The van der Waals surface area contributed by atoms with Crippen molar-refractivity contribution in [3.8, 4) is 5.75 Å². The monoisotopic (exact) mass is 459 g/mol. The fourth-order valence-electron chi connectivity index (χ4n) is 4.29. The lowest BCUT2D eigenvalue weighted by Crippen LogP contribution is -2.29. The Morgan fingerprint density at radius 2 is 1.84 bits per heavy atom. The lowest BCUT2D eigenvalue weighted by atomic mass is 9.85. The molecule has 7 nitrogen and oxygen atoms in total. The first-order chi connectivity index (χ1) is 15.2. The van der Waals surface area contributed by atoms with Gasteiger partial charge in [0, 0.05) is 31.3 Å². The molecule has 2 aromatic carbocycles. The smallest absolute Gasteiger partial charge is 0.265 e. The Morgan fingerprint density at radius 3 is 2.53 bits per heavy atom. The van der Waals surface area contributed by atoms with Crippen molar-refractivity contribution in [3.05, 3.63) is 48.0 Å². The molecular formula is C24H33N3O4S. The fourth-order valence-corrected chi connectivity index (χ4v) is 5.47. The zero-order valence-electron chi connectivity index (χ0n) is 18.7. The highest BCUT2D eigenvalue weighted by Crippen LogP contribution is 2.30. The number of hydrogen-bond donors (Lipinski definition) is 4. The zero-order chi connectivity index (χ0) is 23.1. The lowest BCUT2D eigenvalue weighted by molar-refractivity contribution is -0.114. The van der Waals surface area contributed by atoms with Crippen LogP contribution in [0.4, 0.5) is 11.4 Å². The maximum absolute atomic E-state index is 12.9. The molecule has 2 aromatic rings. The number of benzene rings is 2. The molecule has 0 aliphatic heterocycles. The number of rotatable bonds is 9. The molecule has 1 saturated carbocycles. The number of anilines is 2. The molecule has 0 saturated heterocycles. The molecule has 1 unspecified atom stereocenters. The molecule has 8 heteroatoms. The van der Waals surface area contributed by atoms with Crippen LogP contribution in [-0.4, -0.2) is 25.5 Å². The summed E-state index contributed by atoms with van der Waals surface area (Å²) in [5, 5.41) is 16.3. The molecule has 0 aromatic heterocycles. The van der Waals surface area contributed by atoms with E-state index in [0.717, 1.165) is 17.9 Å². The number of carbonyl (C=O) groups excluding carboxylic acids is 1. The number of nitrogens with one attached hydrogen (secondary N) is 3. The van der Waals surface area contributed by atoms with E-state index in [1.165, 1.54) is 57.2 Å². The molecule has 3 rings (SSSR count). The lowest BCUT2D eigenvalue weighted by Gasteiger charge is -2.25. The first-order valence-electron chi connectivity index (χ1n) is 11.2. The molecule has 0 bridgehead atoms. The highest BCUT2D eigenvalue weighted by Gasteiger charge is 2.21. The Labute approximate surface area is 190 Å².